The number of Topliss-reactive ketones (excluding diaryl/α,β-unsaturated/α-hetero) is 1. The molecule has 0 saturated heterocycles. The molecule has 1 atom stereocenters. The highest BCUT2D eigenvalue weighted by atomic mass is 16.1. The van der Waals surface area contributed by atoms with Crippen molar-refractivity contribution < 1.29 is 4.79 Å². The molecule has 4 heteroatoms. The zero-order chi connectivity index (χ0) is 12.5. The first kappa shape index (κ1) is 11.0. The Morgan fingerprint density at radius 3 is 3.06 bits per heavy atom. The molecule has 0 fully saturated rings. The molecule has 0 radical (unpaired) electrons. The van der Waals surface area contributed by atoms with Gasteiger partial charge in [0.2, 0.25) is 0 Å². The highest BCUT2D eigenvalue weighted by molar-refractivity contribution is 5.90. The Hall–Kier alpha value is -2.10. The summed E-state index contributed by atoms with van der Waals surface area (Å²) in [7, 11) is 1.86. The molecule has 1 N–H and O–H groups in total. The molecular formula is C14H15N3O. The number of rotatable bonds is 3. The summed E-state index contributed by atoms with van der Waals surface area (Å²) < 4.78 is 1.72. The van der Waals surface area contributed by atoms with E-state index in [-0.39, 0.29) is 11.8 Å². The van der Waals surface area contributed by atoms with Crippen LogP contribution >= 0.6 is 0 Å². The van der Waals surface area contributed by atoms with Crippen LogP contribution in [-0.4, -0.2) is 21.6 Å². The van der Waals surface area contributed by atoms with E-state index in [1.165, 1.54) is 5.56 Å². The summed E-state index contributed by atoms with van der Waals surface area (Å²) in [6, 6.07) is 7.99. The van der Waals surface area contributed by atoms with Crippen LogP contribution < -0.4 is 5.32 Å². The van der Waals surface area contributed by atoms with Crippen molar-refractivity contribution in [2.75, 3.05) is 5.32 Å². The standard InChI is InChI=1S/C14H15N3O/c1-17-9-10(8-15-17)6-14(18)13-7-11-4-2-3-5-12(11)16-13/h2-5,8-9,13,16H,6-7H2,1H3. The van der Waals surface area contributed by atoms with Crippen LogP contribution in [0.2, 0.25) is 0 Å². The summed E-state index contributed by atoms with van der Waals surface area (Å²) in [6.45, 7) is 0. The maximum absolute atomic E-state index is 12.2. The highest BCUT2D eigenvalue weighted by Crippen LogP contribution is 2.25. The second-order valence-corrected chi connectivity index (χ2v) is 4.72. The van der Waals surface area contributed by atoms with Gasteiger partial charge in [-0.05, 0) is 17.2 Å². The number of hydrogen-bond acceptors (Lipinski definition) is 3. The minimum absolute atomic E-state index is 0.0948. The lowest BCUT2D eigenvalue weighted by molar-refractivity contribution is -0.119. The smallest absolute Gasteiger partial charge is 0.159 e. The normalized spacial score (nSPS) is 17.3. The van der Waals surface area contributed by atoms with Crippen molar-refractivity contribution in [2.24, 2.45) is 7.05 Å². The predicted molar refractivity (Wildman–Crippen MR) is 69.5 cm³/mol. The van der Waals surface area contributed by atoms with Crippen LogP contribution in [0.4, 0.5) is 5.69 Å². The van der Waals surface area contributed by atoms with Gasteiger partial charge in [-0.2, -0.15) is 5.10 Å². The van der Waals surface area contributed by atoms with Gasteiger partial charge in [0.05, 0.1) is 12.2 Å². The summed E-state index contributed by atoms with van der Waals surface area (Å²) in [5.41, 5.74) is 3.28. The number of para-hydroxylation sites is 1. The summed E-state index contributed by atoms with van der Waals surface area (Å²) in [4.78, 5) is 12.2. The molecule has 1 aromatic heterocycles. The van der Waals surface area contributed by atoms with Crippen molar-refractivity contribution in [3.8, 4) is 0 Å². The summed E-state index contributed by atoms with van der Waals surface area (Å²) in [5, 5.41) is 7.36. The van der Waals surface area contributed by atoms with Crippen LogP contribution in [0.5, 0.6) is 0 Å². The Morgan fingerprint density at radius 2 is 2.33 bits per heavy atom. The first-order valence-electron chi connectivity index (χ1n) is 6.07. The Morgan fingerprint density at radius 1 is 1.50 bits per heavy atom. The Bertz CT molecular complexity index is 563. The van der Waals surface area contributed by atoms with Gasteiger partial charge in [-0.15, -0.1) is 0 Å². The van der Waals surface area contributed by atoms with E-state index < -0.39 is 0 Å². The maximum atomic E-state index is 12.2. The van der Waals surface area contributed by atoms with E-state index >= 15 is 0 Å². The van der Waals surface area contributed by atoms with E-state index in [0.717, 1.165) is 17.7 Å². The fourth-order valence-corrected chi connectivity index (χ4v) is 2.38. The van der Waals surface area contributed by atoms with Crippen LogP contribution in [-0.2, 0) is 24.7 Å². The third kappa shape index (κ3) is 2.01. The maximum Gasteiger partial charge on any atom is 0.159 e. The van der Waals surface area contributed by atoms with Gasteiger partial charge in [0.15, 0.2) is 5.78 Å². The Balaban J connectivity index is 1.69. The van der Waals surface area contributed by atoms with Gasteiger partial charge in [0.1, 0.15) is 0 Å². The van der Waals surface area contributed by atoms with Crippen molar-refractivity contribution in [1.82, 2.24) is 9.78 Å². The lowest BCUT2D eigenvalue weighted by atomic mass is 10.0. The molecule has 0 amide bonds. The Labute approximate surface area is 106 Å². The molecular weight excluding hydrogens is 226 g/mol. The summed E-state index contributed by atoms with van der Waals surface area (Å²) in [5.74, 6) is 0.221. The van der Waals surface area contributed by atoms with Crippen LogP contribution in [0, 0.1) is 0 Å². The van der Waals surface area contributed by atoms with Crippen LogP contribution in [0.15, 0.2) is 36.7 Å². The number of benzene rings is 1. The summed E-state index contributed by atoms with van der Waals surface area (Å²) >= 11 is 0. The number of ketones is 1. The fraction of sp³-hybridized carbons (Fsp3) is 0.286. The number of fused-ring (bicyclic) bond motifs is 1. The highest BCUT2D eigenvalue weighted by Gasteiger charge is 2.26. The van der Waals surface area contributed by atoms with Crippen molar-refractivity contribution in [3.63, 3.8) is 0 Å². The first-order valence-corrected chi connectivity index (χ1v) is 6.07. The number of aryl methyl sites for hydroxylation is 1. The number of carbonyl (C=O) groups is 1. The van der Waals surface area contributed by atoms with Gasteiger partial charge in [0.25, 0.3) is 0 Å². The van der Waals surface area contributed by atoms with Crippen molar-refractivity contribution in [3.05, 3.63) is 47.8 Å². The molecule has 0 aliphatic carbocycles. The molecule has 4 nitrogen and oxygen atoms in total. The lowest BCUT2D eigenvalue weighted by Gasteiger charge is -2.08. The van der Waals surface area contributed by atoms with E-state index in [9.17, 15) is 4.79 Å². The fourth-order valence-electron chi connectivity index (χ4n) is 2.38. The number of hydrogen-bond donors (Lipinski definition) is 1. The van der Waals surface area contributed by atoms with E-state index in [2.05, 4.69) is 16.5 Å². The van der Waals surface area contributed by atoms with Gasteiger partial charge in [-0.3, -0.25) is 9.48 Å². The molecule has 1 unspecified atom stereocenters. The molecule has 0 spiro atoms. The number of aromatic nitrogens is 2. The molecule has 92 valence electrons. The molecule has 0 saturated carbocycles. The van der Waals surface area contributed by atoms with Crippen LogP contribution in [0.1, 0.15) is 11.1 Å². The van der Waals surface area contributed by atoms with Gasteiger partial charge >= 0.3 is 0 Å². The SMILES string of the molecule is Cn1cc(CC(=O)C2Cc3ccccc3N2)cn1. The number of anilines is 1. The zero-order valence-electron chi connectivity index (χ0n) is 10.3. The van der Waals surface area contributed by atoms with Gasteiger partial charge in [-0.25, -0.2) is 0 Å². The minimum atomic E-state index is -0.0948. The Kier molecular flexibility index (Phi) is 2.63. The molecule has 2 heterocycles. The quantitative estimate of drug-likeness (QED) is 0.887. The number of nitrogens with one attached hydrogen (secondary N) is 1. The predicted octanol–water partition coefficient (Wildman–Crippen LogP) is 1.57. The second-order valence-electron chi connectivity index (χ2n) is 4.72. The lowest BCUT2D eigenvalue weighted by Crippen LogP contribution is -2.28. The monoisotopic (exact) mass is 241 g/mol. The third-order valence-corrected chi connectivity index (χ3v) is 3.30. The van der Waals surface area contributed by atoms with Crippen molar-refractivity contribution in [1.29, 1.82) is 0 Å². The van der Waals surface area contributed by atoms with Crippen molar-refractivity contribution >= 4 is 11.5 Å². The number of nitrogens with zero attached hydrogens (tertiary/aromatic N) is 2. The number of carbonyl (C=O) groups excluding carboxylic acids is 1. The van der Waals surface area contributed by atoms with Crippen LogP contribution in [0.3, 0.4) is 0 Å². The van der Waals surface area contributed by atoms with E-state index in [1.54, 1.807) is 10.9 Å². The molecule has 1 aliphatic rings. The van der Waals surface area contributed by atoms with E-state index in [4.69, 9.17) is 0 Å². The molecule has 18 heavy (non-hydrogen) atoms. The molecule has 1 aromatic carbocycles. The van der Waals surface area contributed by atoms with Crippen molar-refractivity contribution in [2.45, 2.75) is 18.9 Å². The second kappa shape index (κ2) is 4.29. The first-order chi connectivity index (χ1) is 8.72. The third-order valence-electron chi connectivity index (χ3n) is 3.30. The van der Waals surface area contributed by atoms with E-state index in [0.29, 0.717) is 6.42 Å². The molecule has 3 rings (SSSR count). The average Bonchev–Trinajstić information content (AvgIpc) is 2.95. The van der Waals surface area contributed by atoms with Gasteiger partial charge in [-0.1, -0.05) is 18.2 Å². The largest absolute Gasteiger partial charge is 0.375 e. The zero-order valence-corrected chi connectivity index (χ0v) is 10.3. The molecule has 2 aromatic rings. The van der Waals surface area contributed by atoms with Gasteiger partial charge < -0.3 is 5.32 Å². The average molecular weight is 241 g/mol. The van der Waals surface area contributed by atoms with Gasteiger partial charge in [0, 0.05) is 31.8 Å². The minimum Gasteiger partial charge on any atom is -0.375 e. The molecule has 1 aliphatic heterocycles. The molecule has 0 bridgehead atoms. The summed E-state index contributed by atoms with van der Waals surface area (Å²) in [6.07, 6.45) is 4.87. The van der Waals surface area contributed by atoms with E-state index in [1.807, 2.05) is 31.4 Å². The van der Waals surface area contributed by atoms with Crippen LogP contribution in [0.25, 0.3) is 0 Å². The topological polar surface area (TPSA) is 46.9 Å².